The number of carbonyl (C=O) groups excluding carboxylic acids is 1. The number of carbonyl (C=O) groups is 1. The maximum absolute atomic E-state index is 13.3. The zero-order chi connectivity index (χ0) is 15.4. The van der Waals surface area contributed by atoms with E-state index in [-0.39, 0.29) is 33.9 Å². The molecule has 2 N–H and O–H groups in total. The smallest absolute Gasteiger partial charge is 0.273 e. The van der Waals surface area contributed by atoms with Gasteiger partial charge in [-0.25, -0.2) is 4.39 Å². The molecule has 2 aromatic rings. The van der Waals surface area contributed by atoms with Gasteiger partial charge in [0.15, 0.2) is 5.16 Å². The molecule has 1 aromatic carbocycles. The molecular weight excluding hydrogens is 295 g/mol. The number of benzene rings is 1. The molecule has 21 heavy (non-hydrogen) atoms. The van der Waals surface area contributed by atoms with Crippen LogP contribution < -0.4 is 10.9 Å². The summed E-state index contributed by atoms with van der Waals surface area (Å²) in [6.45, 7) is 3.18. The summed E-state index contributed by atoms with van der Waals surface area (Å²) in [5, 5.41) is 10.3. The van der Waals surface area contributed by atoms with Crippen molar-refractivity contribution in [3.05, 3.63) is 45.6 Å². The predicted molar refractivity (Wildman–Crippen MR) is 77.9 cm³/mol. The van der Waals surface area contributed by atoms with E-state index in [9.17, 15) is 14.0 Å². The summed E-state index contributed by atoms with van der Waals surface area (Å²) in [7, 11) is 0. The van der Waals surface area contributed by atoms with E-state index in [1.165, 1.54) is 6.07 Å². The Morgan fingerprint density at radius 3 is 2.81 bits per heavy atom. The second-order valence-corrected chi connectivity index (χ2v) is 5.31. The van der Waals surface area contributed by atoms with Gasteiger partial charge in [0.05, 0.1) is 5.75 Å². The number of amides is 1. The monoisotopic (exact) mass is 308 g/mol. The minimum absolute atomic E-state index is 0.0309. The fourth-order valence-corrected chi connectivity index (χ4v) is 2.05. The van der Waals surface area contributed by atoms with E-state index in [4.69, 9.17) is 0 Å². The number of anilines is 1. The maximum Gasteiger partial charge on any atom is 0.273 e. The highest BCUT2D eigenvalue weighted by molar-refractivity contribution is 7.99. The number of hydrogen-bond acceptors (Lipinski definition) is 5. The number of aromatic amines is 1. The van der Waals surface area contributed by atoms with Gasteiger partial charge in [-0.3, -0.25) is 14.6 Å². The molecule has 1 heterocycles. The lowest BCUT2D eigenvalue weighted by atomic mass is 10.2. The highest BCUT2D eigenvalue weighted by Gasteiger charge is 2.07. The first-order chi connectivity index (χ1) is 9.95. The first-order valence-electron chi connectivity index (χ1n) is 6.08. The third-order valence-electron chi connectivity index (χ3n) is 2.64. The van der Waals surface area contributed by atoms with E-state index in [0.717, 1.165) is 11.8 Å². The SMILES string of the molecule is Cc1ccc(NC(=O)CSc2nnc(C)c(=O)[nH]2)cc1F. The van der Waals surface area contributed by atoms with Gasteiger partial charge < -0.3 is 5.32 Å². The Morgan fingerprint density at radius 2 is 2.14 bits per heavy atom. The van der Waals surface area contributed by atoms with Crippen LogP contribution in [0.5, 0.6) is 0 Å². The van der Waals surface area contributed by atoms with Gasteiger partial charge in [0.2, 0.25) is 5.91 Å². The molecule has 0 aliphatic rings. The van der Waals surface area contributed by atoms with Crippen LogP contribution in [0.2, 0.25) is 0 Å². The van der Waals surface area contributed by atoms with Crippen molar-refractivity contribution in [2.24, 2.45) is 0 Å². The second kappa shape index (κ2) is 6.49. The van der Waals surface area contributed by atoms with E-state index in [0.29, 0.717) is 11.3 Å². The number of thioether (sulfide) groups is 1. The third kappa shape index (κ3) is 4.12. The number of nitrogens with one attached hydrogen (secondary N) is 2. The molecule has 0 atom stereocenters. The molecule has 110 valence electrons. The topological polar surface area (TPSA) is 87.7 Å². The van der Waals surface area contributed by atoms with Crippen molar-refractivity contribution in [2.45, 2.75) is 19.0 Å². The molecule has 1 aromatic heterocycles. The Hall–Kier alpha value is -2.22. The van der Waals surface area contributed by atoms with Crippen LogP contribution in [0.3, 0.4) is 0 Å². The van der Waals surface area contributed by atoms with Crippen LogP contribution in [0.15, 0.2) is 28.2 Å². The second-order valence-electron chi connectivity index (χ2n) is 4.35. The Morgan fingerprint density at radius 1 is 1.38 bits per heavy atom. The average molecular weight is 308 g/mol. The number of aromatic nitrogens is 3. The van der Waals surface area contributed by atoms with Gasteiger partial charge in [-0.15, -0.1) is 10.2 Å². The minimum atomic E-state index is -0.380. The molecule has 1 amide bonds. The Labute approximate surface area is 124 Å². The molecule has 0 fully saturated rings. The molecule has 8 heteroatoms. The Kier molecular flexibility index (Phi) is 4.69. The largest absolute Gasteiger partial charge is 0.325 e. The number of aryl methyl sites for hydroxylation is 2. The quantitative estimate of drug-likeness (QED) is 0.839. The fraction of sp³-hybridized carbons (Fsp3) is 0.231. The van der Waals surface area contributed by atoms with Crippen LogP contribution in [0.4, 0.5) is 10.1 Å². The summed E-state index contributed by atoms with van der Waals surface area (Å²) in [6, 6.07) is 4.46. The van der Waals surface area contributed by atoms with E-state index in [2.05, 4.69) is 20.5 Å². The summed E-state index contributed by atoms with van der Waals surface area (Å²) in [4.78, 5) is 25.6. The van der Waals surface area contributed by atoms with Crippen molar-refractivity contribution in [1.82, 2.24) is 15.2 Å². The molecule has 0 unspecified atom stereocenters. The van der Waals surface area contributed by atoms with Crippen LogP contribution in [-0.2, 0) is 4.79 Å². The molecule has 0 aliphatic heterocycles. The normalized spacial score (nSPS) is 10.4. The van der Waals surface area contributed by atoms with Crippen LogP contribution in [0, 0.1) is 19.7 Å². The lowest BCUT2D eigenvalue weighted by molar-refractivity contribution is -0.113. The van der Waals surface area contributed by atoms with Crippen molar-refractivity contribution in [3.63, 3.8) is 0 Å². The number of halogens is 1. The number of rotatable bonds is 4. The lowest BCUT2D eigenvalue weighted by Gasteiger charge is -2.06. The van der Waals surface area contributed by atoms with Crippen molar-refractivity contribution in [2.75, 3.05) is 11.1 Å². The van der Waals surface area contributed by atoms with Gasteiger partial charge in [-0.1, -0.05) is 17.8 Å². The maximum atomic E-state index is 13.3. The molecule has 2 rings (SSSR count). The van der Waals surface area contributed by atoms with Crippen LogP contribution in [0.25, 0.3) is 0 Å². The van der Waals surface area contributed by atoms with Gasteiger partial charge in [-0.2, -0.15) is 0 Å². The fourth-order valence-electron chi connectivity index (χ4n) is 1.44. The predicted octanol–water partition coefficient (Wildman–Crippen LogP) is 1.65. The first kappa shape index (κ1) is 15.2. The van der Waals surface area contributed by atoms with Crippen molar-refractivity contribution < 1.29 is 9.18 Å². The van der Waals surface area contributed by atoms with E-state index >= 15 is 0 Å². The number of H-pyrrole nitrogens is 1. The van der Waals surface area contributed by atoms with Gasteiger partial charge in [-0.05, 0) is 31.5 Å². The molecular formula is C13H13FN4O2S. The summed E-state index contributed by atoms with van der Waals surface area (Å²) in [5.41, 5.74) is 0.814. The molecule has 0 aliphatic carbocycles. The van der Waals surface area contributed by atoms with Gasteiger partial charge in [0, 0.05) is 5.69 Å². The van der Waals surface area contributed by atoms with E-state index in [1.807, 2.05) is 0 Å². The average Bonchev–Trinajstić information content (AvgIpc) is 2.44. The highest BCUT2D eigenvalue weighted by atomic mass is 32.2. The van der Waals surface area contributed by atoms with Gasteiger partial charge >= 0.3 is 0 Å². The first-order valence-corrected chi connectivity index (χ1v) is 7.06. The Balaban J connectivity index is 1.94. The van der Waals surface area contributed by atoms with E-state index in [1.54, 1.807) is 26.0 Å². The molecule has 0 saturated heterocycles. The summed E-state index contributed by atoms with van der Waals surface area (Å²) >= 11 is 1.04. The summed E-state index contributed by atoms with van der Waals surface area (Å²) in [5.74, 6) is -0.677. The molecule has 0 radical (unpaired) electrons. The highest BCUT2D eigenvalue weighted by Crippen LogP contribution is 2.15. The van der Waals surface area contributed by atoms with Crippen LogP contribution in [-0.4, -0.2) is 26.8 Å². The molecule has 0 saturated carbocycles. The molecule has 6 nitrogen and oxygen atoms in total. The molecule has 0 spiro atoms. The zero-order valence-corrected chi connectivity index (χ0v) is 12.3. The Bertz CT molecular complexity index is 732. The van der Waals surface area contributed by atoms with E-state index < -0.39 is 0 Å². The lowest BCUT2D eigenvalue weighted by Crippen LogP contribution is -2.17. The summed E-state index contributed by atoms with van der Waals surface area (Å²) < 4.78 is 13.3. The zero-order valence-electron chi connectivity index (χ0n) is 11.4. The van der Waals surface area contributed by atoms with Crippen LogP contribution >= 0.6 is 11.8 Å². The van der Waals surface area contributed by atoms with Crippen molar-refractivity contribution in [1.29, 1.82) is 0 Å². The van der Waals surface area contributed by atoms with Crippen molar-refractivity contribution in [3.8, 4) is 0 Å². The summed E-state index contributed by atoms with van der Waals surface area (Å²) in [6.07, 6.45) is 0. The third-order valence-corrected chi connectivity index (χ3v) is 3.50. The number of hydrogen-bond donors (Lipinski definition) is 2. The number of nitrogens with zero attached hydrogens (tertiary/aromatic N) is 2. The van der Waals surface area contributed by atoms with Crippen molar-refractivity contribution >= 4 is 23.4 Å². The van der Waals surface area contributed by atoms with Gasteiger partial charge in [0.1, 0.15) is 11.5 Å². The van der Waals surface area contributed by atoms with Crippen LogP contribution in [0.1, 0.15) is 11.3 Å². The van der Waals surface area contributed by atoms with Gasteiger partial charge in [0.25, 0.3) is 5.56 Å². The molecule has 0 bridgehead atoms. The minimum Gasteiger partial charge on any atom is -0.325 e. The standard InChI is InChI=1S/C13H13FN4O2S/c1-7-3-4-9(5-10(7)14)15-11(19)6-21-13-16-12(20)8(2)17-18-13/h3-5H,6H2,1-2H3,(H,15,19)(H,16,18,20).